The largest absolute Gasteiger partial charge is 0.439 e. The van der Waals surface area contributed by atoms with Crippen molar-refractivity contribution in [2.24, 2.45) is 5.16 Å². The van der Waals surface area contributed by atoms with Gasteiger partial charge in [0.05, 0.1) is 0 Å². The quantitative estimate of drug-likeness (QED) is 0.274. The van der Waals surface area contributed by atoms with Crippen LogP contribution in [0.1, 0.15) is 36.5 Å². The van der Waals surface area contributed by atoms with E-state index in [9.17, 15) is 5.21 Å². The monoisotopic (exact) mass is 375 g/mol. The van der Waals surface area contributed by atoms with E-state index < -0.39 is 0 Å². The highest BCUT2D eigenvalue weighted by Gasteiger charge is 2.13. The molecule has 5 nitrogen and oxygen atoms in total. The highest BCUT2D eigenvalue weighted by molar-refractivity contribution is 6.09. The minimum absolute atomic E-state index is 0.405. The van der Waals surface area contributed by atoms with Gasteiger partial charge < -0.3 is 14.8 Å². The fourth-order valence-electron chi connectivity index (χ4n) is 2.95. The molecule has 5 heteroatoms. The summed E-state index contributed by atoms with van der Waals surface area (Å²) >= 11 is 0. The molecule has 0 spiro atoms. The SMILES string of the molecule is Cc1cc(Oc2ccc(/C(=N/O)N(C)c3ccccc3)cn2)cc(C(C)C)c1. The van der Waals surface area contributed by atoms with Gasteiger partial charge in [-0.2, -0.15) is 0 Å². The van der Waals surface area contributed by atoms with Crippen molar-refractivity contribution < 1.29 is 9.94 Å². The Balaban J connectivity index is 1.80. The molecule has 28 heavy (non-hydrogen) atoms. The highest BCUT2D eigenvalue weighted by Crippen LogP contribution is 2.26. The molecule has 1 N–H and O–H groups in total. The van der Waals surface area contributed by atoms with E-state index in [-0.39, 0.29) is 0 Å². The van der Waals surface area contributed by atoms with E-state index in [0.29, 0.717) is 23.2 Å². The van der Waals surface area contributed by atoms with Gasteiger partial charge in [-0.05, 0) is 54.3 Å². The zero-order valence-electron chi connectivity index (χ0n) is 16.6. The van der Waals surface area contributed by atoms with Crippen molar-refractivity contribution in [3.8, 4) is 11.6 Å². The molecule has 2 aromatic carbocycles. The molecule has 0 aliphatic carbocycles. The van der Waals surface area contributed by atoms with Crippen LogP contribution in [0.2, 0.25) is 0 Å². The summed E-state index contributed by atoms with van der Waals surface area (Å²) in [5.41, 5.74) is 3.98. The maximum atomic E-state index is 9.52. The first-order chi connectivity index (χ1) is 13.5. The van der Waals surface area contributed by atoms with Crippen LogP contribution >= 0.6 is 0 Å². The second-order valence-corrected chi connectivity index (χ2v) is 7.04. The predicted octanol–water partition coefficient (Wildman–Crippen LogP) is 5.58. The molecular weight excluding hydrogens is 350 g/mol. The van der Waals surface area contributed by atoms with Crippen molar-refractivity contribution >= 4 is 11.5 Å². The number of nitrogens with zero attached hydrogens (tertiary/aromatic N) is 3. The molecule has 3 rings (SSSR count). The summed E-state index contributed by atoms with van der Waals surface area (Å²) in [5.74, 6) is 2.09. The fourth-order valence-corrected chi connectivity index (χ4v) is 2.95. The molecule has 0 saturated carbocycles. The van der Waals surface area contributed by atoms with Crippen LogP contribution in [0, 0.1) is 6.92 Å². The standard InChI is InChI=1S/C23H25N3O2/c1-16(2)19-12-17(3)13-21(14-19)28-22-11-10-18(15-24-22)23(25-27)26(4)20-8-6-5-7-9-20/h5-16,27H,1-4H3/b25-23-. The summed E-state index contributed by atoms with van der Waals surface area (Å²) in [6.07, 6.45) is 1.64. The zero-order valence-corrected chi connectivity index (χ0v) is 16.6. The molecule has 0 bridgehead atoms. The number of aromatic nitrogens is 1. The first kappa shape index (κ1) is 19.4. The van der Waals surface area contributed by atoms with Crippen molar-refractivity contribution in [1.82, 2.24) is 4.98 Å². The number of amidine groups is 1. The molecule has 0 aliphatic rings. The normalized spacial score (nSPS) is 11.5. The number of rotatable bonds is 5. The third-order valence-corrected chi connectivity index (χ3v) is 4.51. The van der Waals surface area contributed by atoms with Crippen molar-refractivity contribution in [1.29, 1.82) is 0 Å². The van der Waals surface area contributed by atoms with Crippen LogP contribution in [0.15, 0.2) is 72.0 Å². The van der Waals surface area contributed by atoms with Crippen LogP contribution in [0.25, 0.3) is 0 Å². The van der Waals surface area contributed by atoms with Gasteiger partial charge in [0.15, 0.2) is 5.84 Å². The number of ether oxygens (including phenoxy) is 1. The summed E-state index contributed by atoms with van der Waals surface area (Å²) in [6, 6.07) is 19.5. The summed E-state index contributed by atoms with van der Waals surface area (Å²) in [6.45, 7) is 6.37. The van der Waals surface area contributed by atoms with Crippen LogP contribution in [0.3, 0.4) is 0 Å². The van der Waals surface area contributed by atoms with Gasteiger partial charge in [-0.25, -0.2) is 4.98 Å². The molecule has 0 amide bonds. The number of oxime groups is 1. The third kappa shape index (κ3) is 4.49. The Bertz CT molecular complexity index is 951. The number of benzene rings is 2. The molecule has 1 aromatic heterocycles. The van der Waals surface area contributed by atoms with Gasteiger partial charge in [0.1, 0.15) is 5.75 Å². The smallest absolute Gasteiger partial charge is 0.219 e. The van der Waals surface area contributed by atoms with E-state index in [1.165, 1.54) is 5.56 Å². The Kier molecular flexibility index (Phi) is 5.94. The molecule has 144 valence electrons. The summed E-state index contributed by atoms with van der Waals surface area (Å²) < 4.78 is 5.94. The molecule has 0 aliphatic heterocycles. The maximum Gasteiger partial charge on any atom is 0.219 e. The number of hydrogen-bond donors (Lipinski definition) is 1. The summed E-state index contributed by atoms with van der Waals surface area (Å²) in [4.78, 5) is 6.18. The number of aryl methyl sites for hydroxylation is 1. The Morgan fingerprint density at radius 1 is 1.07 bits per heavy atom. The van der Waals surface area contributed by atoms with Gasteiger partial charge in [0.2, 0.25) is 5.88 Å². The predicted molar refractivity (Wildman–Crippen MR) is 113 cm³/mol. The third-order valence-electron chi connectivity index (χ3n) is 4.51. The topological polar surface area (TPSA) is 58.0 Å². The second-order valence-electron chi connectivity index (χ2n) is 7.04. The van der Waals surface area contributed by atoms with Gasteiger partial charge in [-0.3, -0.25) is 0 Å². The number of para-hydroxylation sites is 1. The molecule has 0 radical (unpaired) electrons. The van der Waals surface area contributed by atoms with E-state index in [2.05, 4.69) is 37.0 Å². The van der Waals surface area contributed by atoms with Crippen LogP contribution in [0.5, 0.6) is 11.6 Å². The van der Waals surface area contributed by atoms with Crippen molar-refractivity contribution in [2.45, 2.75) is 26.7 Å². The Labute approximate surface area is 165 Å². The highest BCUT2D eigenvalue weighted by atomic mass is 16.5. The Morgan fingerprint density at radius 3 is 2.43 bits per heavy atom. The lowest BCUT2D eigenvalue weighted by atomic mass is 10.0. The molecular formula is C23H25N3O2. The number of pyridine rings is 1. The van der Waals surface area contributed by atoms with E-state index in [1.807, 2.05) is 55.6 Å². The van der Waals surface area contributed by atoms with Crippen molar-refractivity contribution in [3.05, 3.63) is 83.6 Å². The molecule has 0 saturated heterocycles. The first-order valence-electron chi connectivity index (χ1n) is 9.24. The molecule has 0 unspecified atom stereocenters. The molecule has 1 heterocycles. The van der Waals surface area contributed by atoms with Gasteiger partial charge >= 0.3 is 0 Å². The van der Waals surface area contributed by atoms with E-state index in [4.69, 9.17) is 4.74 Å². The average Bonchev–Trinajstić information content (AvgIpc) is 2.70. The van der Waals surface area contributed by atoms with Crippen molar-refractivity contribution in [3.63, 3.8) is 0 Å². The average molecular weight is 375 g/mol. The fraction of sp³-hybridized carbons (Fsp3) is 0.217. The van der Waals surface area contributed by atoms with Gasteiger partial charge in [-0.15, -0.1) is 0 Å². The van der Waals surface area contributed by atoms with Gasteiger partial charge in [0, 0.05) is 30.6 Å². The van der Waals surface area contributed by atoms with Crippen LogP contribution in [-0.2, 0) is 0 Å². The second kappa shape index (κ2) is 8.57. The van der Waals surface area contributed by atoms with Crippen LogP contribution in [-0.4, -0.2) is 23.1 Å². The van der Waals surface area contributed by atoms with Crippen LogP contribution in [0.4, 0.5) is 5.69 Å². The molecule has 0 fully saturated rings. The minimum atomic E-state index is 0.405. The lowest BCUT2D eigenvalue weighted by Gasteiger charge is -2.20. The number of anilines is 1. The summed E-state index contributed by atoms with van der Waals surface area (Å²) in [5, 5.41) is 13.0. The minimum Gasteiger partial charge on any atom is -0.439 e. The van der Waals surface area contributed by atoms with Gasteiger partial charge in [0.25, 0.3) is 0 Å². The number of hydrogen-bond acceptors (Lipinski definition) is 4. The van der Waals surface area contributed by atoms with Crippen LogP contribution < -0.4 is 9.64 Å². The molecule has 3 aromatic rings. The van der Waals surface area contributed by atoms with Gasteiger partial charge in [-0.1, -0.05) is 43.3 Å². The molecule has 0 atom stereocenters. The van der Waals surface area contributed by atoms with E-state index in [0.717, 1.165) is 17.0 Å². The lowest BCUT2D eigenvalue weighted by molar-refractivity contribution is 0.318. The maximum absolute atomic E-state index is 9.52. The summed E-state index contributed by atoms with van der Waals surface area (Å²) in [7, 11) is 1.84. The zero-order chi connectivity index (χ0) is 20.1. The Hall–Kier alpha value is -3.34. The Morgan fingerprint density at radius 2 is 1.82 bits per heavy atom. The first-order valence-corrected chi connectivity index (χ1v) is 9.24. The van der Waals surface area contributed by atoms with E-state index >= 15 is 0 Å². The van der Waals surface area contributed by atoms with Crippen molar-refractivity contribution in [2.75, 3.05) is 11.9 Å². The lowest BCUT2D eigenvalue weighted by Crippen LogP contribution is -2.27. The van der Waals surface area contributed by atoms with E-state index in [1.54, 1.807) is 17.2 Å².